The van der Waals surface area contributed by atoms with Gasteiger partial charge in [0, 0.05) is 12.8 Å². The standard InChI is InChI=1S/C9H6N4O2/c10-3-6-4-12-7(5-11-6)13-8(14)1-2-9(13)15/h4-5H,1-2H2. The summed E-state index contributed by atoms with van der Waals surface area (Å²) in [6, 6.07) is 1.81. The second-order valence-corrected chi connectivity index (χ2v) is 2.99. The SMILES string of the molecule is N#Cc1cnc(N2C(=O)CCC2=O)cn1. The quantitative estimate of drug-likeness (QED) is 0.598. The fraction of sp³-hybridized carbons (Fsp3) is 0.222. The lowest BCUT2D eigenvalue weighted by atomic mass is 10.4. The molecule has 1 aliphatic rings. The first-order valence-corrected chi connectivity index (χ1v) is 4.30. The Morgan fingerprint density at radius 2 is 1.87 bits per heavy atom. The van der Waals surface area contributed by atoms with Crippen molar-refractivity contribution in [3.63, 3.8) is 0 Å². The molecule has 1 fully saturated rings. The summed E-state index contributed by atoms with van der Waals surface area (Å²) in [5.41, 5.74) is 0.151. The normalized spacial score (nSPS) is 15.5. The van der Waals surface area contributed by atoms with Gasteiger partial charge >= 0.3 is 0 Å². The number of amides is 2. The smallest absolute Gasteiger partial charge is 0.235 e. The highest BCUT2D eigenvalue weighted by Gasteiger charge is 2.31. The monoisotopic (exact) mass is 202 g/mol. The van der Waals surface area contributed by atoms with E-state index in [1.165, 1.54) is 12.4 Å². The van der Waals surface area contributed by atoms with Crippen molar-refractivity contribution in [2.75, 3.05) is 4.90 Å². The van der Waals surface area contributed by atoms with Gasteiger partial charge in [-0.2, -0.15) is 5.26 Å². The molecule has 6 nitrogen and oxygen atoms in total. The van der Waals surface area contributed by atoms with Crippen LogP contribution in [0.3, 0.4) is 0 Å². The molecule has 2 amide bonds. The molecule has 2 rings (SSSR count). The van der Waals surface area contributed by atoms with Gasteiger partial charge in [-0.05, 0) is 0 Å². The zero-order valence-corrected chi connectivity index (χ0v) is 7.67. The van der Waals surface area contributed by atoms with E-state index in [1.807, 2.05) is 0 Å². The van der Waals surface area contributed by atoms with Crippen molar-refractivity contribution in [2.45, 2.75) is 12.8 Å². The van der Waals surface area contributed by atoms with Gasteiger partial charge in [0.15, 0.2) is 11.5 Å². The second-order valence-electron chi connectivity index (χ2n) is 2.99. The average Bonchev–Trinajstić information content (AvgIpc) is 2.59. The van der Waals surface area contributed by atoms with Crippen LogP contribution in [-0.4, -0.2) is 21.8 Å². The van der Waals surface area contributed by atoms with Gasteiger partial charge in [-0.1, -0.05) is 0 Å². The van der Waals surface area contributed by atoms with Gasteiger partial charge in [-0.15, -0.1) is 0 Å². The molecule has 1 saturated heterocycles. The topological polar surface area (TPSA) is 87.0 Å². The Morgan fingerprint density at radius 1 is 1.20 bits per heavy atom. The molecule has 74 valence electrons. The van der Waals surface area contributed by atoms with E-state index in [9.17, 15) is 9.59 Å². The molecule has 6 heteroatoms. The fourth-order valence-electron chi connectivity index (χ4n) is 1.33. The Bertz CT molecular complexity index is 444. The van der Waals surface area contributed by atoms with E-state index >= 15 is 0 Å². The molecule has 0 atom stereocenters. The highest BCUT2D eigenvalue weighted by Crippen LogP contribution is 2.18. The molecule has 0 bridgehead atoms. The molecule has 0 radical (unpaired) electrons. The Labute approximate surface area is 85.2 Å². The van der Waals surface area contributed by atoms with Crippen LogP contribution in [0.15, 0.2) is 12.4 Å². The zero-order valence-electron chi connectivity index (χ0n) is 7.67. The van der Waals surface area contributed by atoms with Crippen LogP contribution in [-0.2, 0) is 9.59 Å². The van der Waals surface area contributed by atoms with E-state index in [0.29, 0.717) is 0 Å². The van der Waals surface area contributed by atoms with Crippen molar-refractivity contribution >= 4 is 17.6 Å². The first-order valence-electron chi connectivity index (χ1n) is 4.30. The van der Waals surface area contributed by atoms with Gasteiger partial charge in [0.25, 0.3) is 0 Å². The van der Waals surface area contributed by atoms with Gasteiger partial charge in [0.1, 0.15) is 6.07 Å². The molecule has 0 saturated carbocycles. The summed E-state index contributed by atoms with van der Waals surface area (Å²) in [5.74, 6) is -0.375. The maximum atomic E-state index is 11.3. The van der Waals surface area contributed by atoms with Crippen LogP contribution in [0.5, 0.6) is 0 Å². The number of aromatic nitrogens is 2. The largest absolute Gasteiger partial charge is 0.274 e. The summed E-state index contributed by atoms with van der Waals surface area (Å²) < 4.78 is 0. The molecule has 0 spiro atoms. The molecule has 1 aromatic rings. The van der Waals surface area contributed by atoms with E-state index < -0.39 is 0 Å². The van der Waals surface area contributed by atoms with Crippen LogP contribution in [0.1, 0.15) is 18.5 Å². The number of hydrogen-bond acceptors (Lipinski definition) is 5. The maximum Gasteiger partial charge on any atom is 0.235 e. The van der Waals surface area contributed by atoms with Gasteiger partial charge in [-0.3, -0.25) is 9.59 Å². The first kappa shape index (κ1) is 9.27. The van der Waals surface area contributed by atoms with Gasteiger partial charge in [0.2, 0.25) is 11.8 Å². The predicted molar refractivity (Wildman–Crippen MR) is 48.5 cm³/mol. The van der Waals surface area contributed by atoms with Gasteiger partial charge in [0.05, 0.1) is 12.4 Å². The number of carbonyl (C=O) groups is 2. The molecule has 1 aromatic heterocycles. The molecule has 0 unspecified atom stereocenters. The lowest BCUT2D eigenvalue weighted by Crippen LogP contribution is -2.29. The van der Waals surface area contributed by atoms with Crippen molar-refractivity contribution in [2.24, 2.45) is 0 Å². The summed E-state index contributed by atoms with van der Waals surface area (Å²) in [4.78, 5) is 31.2. The van der Waals surface area contributed by atoms with Crippen molar-refractivity contribution in [1.29, 1.82) is 5.26 Å². The Kier molecular flexibility index (Phi) is 2.14. The Balaban J connectivity index is 2.34. The third-order valence-electron chi connectivity index (χ3n) is 2.03. The van der Waals surface area contributed by atoms with Crippen LogP contribution in [0.4, 0.5) is 5.82 Å². The summed E-state index contributed by atoms with van der Waals surface area (Å²) in [7, 11) is 0. The molecule has 15 heavy (non-hydrogen) atoms. The van der Waals surface area contributed by atoms with E-state index in [2.05, 4.69) is 9.97 Å². The van der Waals surface area contributed by atoms with E-state index in [4.69, 9.17) is 5.26 Å². The first-order chi connectivity index (χ1) is 7.22. The zero-order chi connectivity index (χ0) is 10.8. The van der Waals surface area contributed by atoms with E-state index in [0.717, 1.165) is 4.90 Å². The number of hydrogen-bond donors (Lipinski definition) is 0. The molecule has 0 aromatic carbocycles. The van der Waals surface area contributed by atoms with Crippen LogP contribution >= 0.6 is 0 Å². The van der Waals surface area contributed by atoms with Crippen molar-refractivity contribution in [3.8, 4) is 6.07 Å². The molecular weight excluding hydrogens is 196 g/mol. The van der Waals surface area contributed by atoms with Crippen molar-refractivity contribution in [3.05, 3.63) is 18.1 Å². The number of anilines is 1. The van der Waals surface area contributed by atoms with Crippen LogP contribution in [0.2, 0.25) is 0 Å². The van der Waals surface area contributed by atoms with Crippen molar-refractivity contribution in [1.82, 2.24) is 9.97 Å². The average molecular weight is 202 g/mol. The number of nitrogens with zero attached hydrogens (tertiary/aromatic N) is 4. The summed E-state index contributed by atoms with van der Waals surface area (Å²) in [6.07, 6.45) is 2.90. The fourth-order valence-corrected chi connectivity index (χ4v) is 1.33. The maximum absolute atomic E-state index is 11.3. The van der Waals surface area contributed by atoms with Gasteiger partial charge < -0.3 is 0 Å². The number of nitriles is 1. The summed E-state index contributed by atoms with van der Waals surface area (Å²) in [5, 5.41) is 8.50. The van der Waals surface area contributed by atoms with Crippen LogP contribution < -0.4 is 4.90 Å². The molecule has 2 heterocycles. The minimum Gasteiger partial charge on any atom is -0.274 e. The number of carbonyl (C=O) groups excluding carboxylic acids is 2. The number of rotatable bonds is 1. The number of imide groups is 1. The minimum absolute atomic E-state index is 0.151. The Hall–Kier alpha value is -2.29. The third-order valence-corrected chi connectivity index (χ3v) is 2.03. The highest BCUT2D eigenvalue weighted by molar-refractivity contribution is 6.19. The van der Waals surface area contributed by atoms with Crippen LogP contribution in [0, 0.1) is 11.3 Å². The molecule has 1 aliphatic heterocycles. The molecule has 0 N–H and O–H groups in total. The molecular formula is C9H6N4O2. The lowest BCUT2D eigenvalue weighted by Gasteiger charge is -2.10. The summed E-state index contributed by atoms with van der Waals surface area (Å²) >= 11 is 0. The summed E-state index contributed by atoms with van der Waals surface area (Å²) in [6.45, 7) is 0. The highest BCUT2D eigenvalue weighted by atomic mass is 16.2. The van der Waals surface area contributed by atoms with Crippen LogP contribution in [0.25, 0.3) is 0 Å². The van der Waals surface area contributed by atoms with E-state index in [1.54, 1.807) is 6.07 Å². The third kappa shape index (κ3) is 1.55. The second kappa shape index (κ2) is 3.46. The predicted octanol–water partition coefficient (Wildman–Crippen LogP) is 0.00168. The lowest BCUT2D eigenvalue weighted by molar-refractivity contribution is -0.121. The van der Waals surface area contributed by atoms with Crippen molar-refractivity contribution < 1.29 is 9.59 Å². The minimum atomic E-state index is -0.279. The molecule has 0 aliphatic carbocycles. The Morgan fingerprint density at radius 3 is 2.33 bits per heavy atom. The van der Waals surface area contributed by atoms with E-state index in [-0.39, 0.29) is 36.2 Å². The van der Waals surface area contributed by atoms with Gasteiger partial charge in [-0.25, -0.2) is 14.9 Å².